The first-order valence-corrected chi connectivity index (χ1v) is 8.73. The Hall–Kier alpha value is -0.910. The molecule has 0 saturated carbocycles. The number of hydrogen-bond acceptors (Lipinski definition) is 3. The summed E-state index contributed by atoms with van der Waals surface area (Å²) in [4.78, 5) is 0.351. The van der Waals surface area contributed by atoms with Gasteiger partial charge in [0.15, 0.2) is 0 Å². The van der Waals surface area contributed by atoms with E-state index in [0.717, 1.165) is 18.4 Å². The van der Waals surface area contributed by atoms with Crippen LogP contribution in [-0.4, -0.2) is 21.0 Å². The lowest BCUT2D eigenvalue weighted by Gasteiger charge is -2.14. The largest absolute Gasteiger partial charge is 0.310 e. The molecule has 5 heteroatoms. The summed E-state index contributed by atoms with van der Waals surface area (Å²) in [6, 6.07) is 5.76. The minimum Gasteiger partial charge on any atom is -0.310 e. The normalized spacial score (nSPS) is 12.1. The van der Waals surface area contributed by atoms with Gasteiger partial charge in [-0.1, -0.05) is 33.8 Å². The molecule has 0 amide bonds. The lowest BCUT2D eigenvalue weighted by molar-refractivity contribution is 0.577. The minimum absolute atomic E-state index is 0.351. The van der Waals surface area contributed by atoms with E-state index in [1.807, 2.05) is 13.0 Å². The molecule has 1 rings (SSSR count). The van der Waals surface area contributed by atoms with Crippen molar-refractivity contribution in [3.63, 3.8) is 0 Å². The third-order valence-corrected chi connectivity index (χ3v) is 4.57. The van der Waals surface area contributed by atoms with Gasteiger partial charge in [-0.2, -0.15) is 0 Å². The molecule has 0 saturated heterocycles. The summed E-state index contributed by atoms with van der Waals surface area (Å²) in [5.41, 5.74) is 2.24. The van der Waals surface area contributed by atoms with Crippen molar-refractivity contribution in [2.24, 2.45) is 0 Å². The van der Waals surface area contributed by atoms with Crippen LogP contribution >= 0.6 is 0 Å². The molecular weight excluding hydrogens is 272 g/mol. The Labute approximate surface area is 123 Å². The van der Waals surface area contributed by atoms with Gasteiger partial charge in [0.25, 0.3) is 0 Å². The van der Waals surface area contributed by atoms with E-state index in [2.05, 4.69) is 30.8 Å². The summed E-state index contributed by atoms with van der Waals surface area (Å²) in [5, 5.41) is 3.34. The van der Waals surface area contributed by atoms with Crippen LogP contribution in [0, 0.1) is 0 Å². The highest BCUT2D eigenvalue weighted by Gasteiger charge is 2.15. The summed E-state index contributed by atoms with van der Waals surface area (Å²) in [6.07, 6.45) is 1.69. The topological polar surface area (TPSA) is 58.2 Å². The van der Waals surface area contributed by atoms with Crippen molar-refractivity contribution in [3.8, 4) is 0 Å². The summed E-state index contributed by atoms with van der Waals surface area (Å²) in [7, 11) is -3.39. The molecule has 1 aromatic rings. The predicted molar refractivity (Wildman–Crippen MR) is 83.3 cm³/mol. The van der Waals surface area contributed by atoms with Crippen LogP contribution in [0.3, 0.4) is 0 Å². The quantitative estimate of drug-likeness (QED) is 0.775. The van der Waals surface area contributed by atoms with Gasteiger partial charge in [0.2, 0.25) is 10.0 Å². The average molecular weight is 298 g/mol. The van der Waals surface area contributed by atoms with E-state index in [1.165, 1.54) is 5.56 Å². The Kier molecular flexibility index (Phi) is 6.65. The number of aryl methyl sites for hydroxylation is 1. The second kappa shape index (κ2) is 7.76. The van der Waals surface area contributed by atoms with Gasteiger partial charge in [-0.05, 0) is 36.1 Å². The fourth-order valence-corrected chi connectivity index (χ4v) is 3.10. The monoisotopic (exact) mass is 298 g/mol. The summed E-state index contributed by atoms with van der Waals surface area (Å²) in [5.74, 6) is 0. The van der Waals surface area contributed by atoms with Gasteiger partial charge < -0.3 is 5.32 Å². The van der Waals surface area contributed by atoms with E-state index in [1.54, 1.807) is 12.1 Å². The molecule has 0 aliphatic heterocycles. The van der Waals surface area contributed by atoms with E-state index < -0.39 is 10.0 Å². The van der Waals surface area contributed by atoms with Crippen LogP contribution in [0.1, 0.15) is 45.2 Å². The summed E-state index contributed by atoms with van der Waals surface area (Å²) >= 11 is 0. The number of nitrogens with one attached hydrogen (secondary N) is 2. The van der Waals surface area contributed by atoms with Gasteiger partial charge in [-0.25, -0.2) is 13.1 Å². The molecule has 0 radical (unpaired) electrons. The Balaban J connectivity index is 3.02. The lowest BCUT2D eigenvalue weighted by Crippen LogP contribution is -2.25. The van der Waals surface area contributed by atoms with Gasteiger partial charge >= 0.3 is 0 Å². The van der Waals surface area contributed by atoms with Gasteiger partial charge in [0.1, 0.15) is 0 Å². The van der Waals surface area contributed by atoms with Crippen molar-refractivity contribution in [1.29, 1.82) is 0 Å². The standard InChI is InChI=1S/C15H26N2O2S/c1-5-9-17-20(18,19)15-8-7-13(6-2)14(10-15)11-16-12(3)4/h7-8,10,12,16-17H,5-6,9,11H2,1-4H3. The highest BCUT2D eigenvalue weighted by molar-refractivity contribution is 7.89. The second-order valence-corrected chi connectivity index (χ2v) is 6.98. The fraction of sp³-hybridized carbons (Fsp3) is 0.600. The average Bonchev–Trinajstić information content (AvgIpc) is 2.42. The summed E-state index contributed by atoms with van der Waals surface area (Å²) < 4.78 is 26.9. The van der Waals surface area contributed by atoms with Gasteiger partial charge in [0, 0.05) is 19.1 Å². The van der Waals surface area contributed by atoms with Crippen molar-refractivity contribution in [2.75, 3.05) is 6.54 Å². The summed E-state index contributed by atoms with van der Waals surface area (Å²) in [6.45, 7) is 9.35. The highest BCUT2D eigenvalue weighted by atomic mass is 32.2. The van der Waals surface area contributed by atoms with Crippen LogP contribution in [0.5, 0.6) is 0 Å². The first-order chi connectivity index (χ1) is 9.40. The number of rotatable bonds is 8. The first-order valence-electron chi connectivity index (χ1n) is 7.25. The van der Waals surface area contributed by atoms with Crippen LogP contribution in [0.4, 0.5) is 0 Å². The maximum Gasteiger partial charge on any atom is 0.240 e. The smallest absolute Gasteiger partial charge is 0.240 e. The molecule has 1 aromatic carbocycles. The highest BCUT2D eigenvalue weighted by Crippen LogP contribution is 2.17. The first kappa shape index (κ1) is 17.1. The van der Waals surface area contributed by atoms with E-state index in [-0.39, 0.29) is 0 Å². The molecule has 0 atom stereocenters. The van der Waals surface area contributed by atoms with Crippen LogP contribution in [0.2, 0.25) is 0 Å². The molecule has 20 heavy (non-hydrogen) atoms. The maximum atomic E-state index is 12.1. The van der Waals surface area contributed by atoms with E-state index in [9.17, 15) is 8.42 Å². The van der Waals surface area contributed by atoms with Crippen molar-refractivity contribution < 1.29 is 8.42 Å². The zero-order valence-corrected chi connectivity index (χ0v) is 13.7. The predicted octanol–water partition coefficient (Wildman–Crippen LogP) is 2.44. The van der Waals surface area contributed by atoms with Crippen molar-refractivity contribution >= 4 is 10.0 Å². The zero-order valence-electron chi connectivity index (χ0n) is 12.9. The molecule has 0 aliphatic rings. The Morgan fingerprint density at radius 2 is 1.85 bits per heavy atom. The van der Waals surface area contributed by atoms with E-state index in [4.69, 9.17) is 0 Å². The van der Waals surface area contributed by atoms with E-state index >= 15 is 0 Å². The molecule has 0 unspecified atom stereocenters. The van der Waals surface area contributed by atoms with Crippen molar-refractivity contribution in [3.05, 3.63) is 29.3 Å². The van der Waals surface area contributed by atoms with Crippen LogP contribution < -0.4 is 10.0 Å². The number of benzene rings is 1. The van der Waals surface area contributed by atoms with Gasteiger partial charge in [-0.15, -0.1) is 0 Å². The molecule has 0 fully saturated rings. The van der Waals surface area contributed by atoms with Crippen molar-refractivity contribution in [1.82, 2.24) is 10.0 Å². The lowest BCUT2D eigenvalue weighted by atomic mass is 10.1. The van der Waals surface area contributed by atoms with E-state index in [0.29, 0.717) is 24.0 Å². The van der Waals surface area contributed by atoms with Gasteiger partial charge in [0.05, 0.1) is 4.90 Å². The molecule has 0 heterocycles. The third-order valence-electron chi connectivity index (χ3n) is 3.11. The maximum absolute atomic E-state index is 12.1. The molecule has 0 aromatic heterocycles. The molecular formula is C15H26N2O2S. The zero-order chi connectivity index (χ0) is 15.2. The van der Waals surface area contributed by atoms with Gasteiger partial charge in [-0.3, -0.25) is 0 Å². The molecule has 0 aliphatic carbocycles. The van der Waals surface area contributed by atoms with Crippen LogP contribution in [-0.2, 0) is 23.0 Å². The molecule has 114 valence electrons. The SMILES string of the molecule is CCCNS(=O)(=O)c1ccc(CC)c(CNC(C)C)c1. The Bertz CT molecular complexity index is 525. The Morgan fingerprint density at radius 1 is 1.15 bits per heavy atom. The van der Waals surface area contributed by atoms with Crippen LogP contribution in [0.25, 0.3) is 0 Å². The third kappa shape index (κ3) is 4.89. The minimum atomic E-state index is -3.39. The van der Waals surface area contributed by atoms with Crippen LogP contribution in [0.15, 0.2) is 23.1 Å². The number of sulfonamides is 1. The second-order valence-electron chi connectivity index (χ2n) is 5.22. The fourth-order valence-electron chi connectivity index (χ4n) is 1.91. The number of hydrogen-bond donors (Lipinski definition) is 2. The molecule has 2 N–H and O–H groups in total. The molecule has 4 nitrogen and oxygen atoms in total. The van der Waals surface area contributed by atoms with Crippen molar-refractivity contribution in [2.45, 2.75) is 58.0 Å². The molecule has 0 bridgehead atoms. The molecule has 0 spiro atoms. The Morgan fingerprint density at radius 3 is 2.40 bits per heavy atom.